The molecule has 24 nitrogen and oxygen atoms in total. The quantitative estimate of drug-likeness (QED) is 0.0288. The van der Waals surface area contributed by atoms with E-state index < -0.39 is 166 Å². The van der Waals surface area contributed by atoms with Gasteiger partial charge in [0.15, 0.2) is 12.1 Å². The highest BCUT2D eigenvalue weighted by Crippen LogP contribution is 2.46. The molecule has 13 N–H and O–H groups in total. The van der Waals surface area contributed by atoms with Crippen LogP contribution in [-0.2, 0) is 38.0 Å². The van der Waals surface area contributed by atoms with E-state index in [1.54, 1.807) is 93.7 Å². The van der Waals surface area contributed by atoms with Gasteiger partial charge in [-0.05, 0) is 90.5 Å². The highest BCUT2D eigenvalue weighted by atomic mass is 16.7. The van der Waals surface area contributed by atoms with Gasteiger partial charge in [-0.1, -0.05) is 196 Å². The van der Waals surface area contributed by atoms with Crippen molar-refractivity contribution < 1.29 is 104 Å². The number of aliphatic hydroxyl groups is 10. The van der Waals surface area contributed by atoms with E-state index in [1.807, 2.05) is 115 Å². The largest absolute Gasteiger partial charge is 0.481 e. The maximum Gasteiger partial charge on any atom is 0.407 e. The van der Waals surface area contributed by atoms with Crippen molar-refractivity contribution in [3.05, 3.63) is 204 Å². The molecule has 0 spiro atoms. The Morgan fingerprint density at radius 2 is 1.01 bits per heavy atom. The predicted octanol–water partition coefficient (Wildman–Crippen LogP) is 7.91. The van der Waals surface area contributed by atoms with Crippen molar-refractivity contribution in [1.82, 2.24) is 15.5 Å². The molecule has 0 aromatic heterocycles. The van der Waals surface area contributed by atoms with E-state index in [0.717, 1.165) is 44.5 Å². The second-order valence-corrected chi connectivity index (χ2v) is 28.7. The van der Waals surface area contributed by atoms with Crippen LogP contribution in [0.4, 0.5) is 9.59 Å². The zero-order chi connectivity index (χ0) is 76.7. The van der Waals surface area contributed by atoms with Crippen LogP contribution in [0.1, 0.15) is 126 Å². The van der Waals surface area contributed by atoms with E-state index in [2.05, 4.69) is 10.6 Å². The van der Waals surface area contributed by atoms with Gasteiger partial charge in [-0.2, -0.15) is 0 Å². The van der Waals surface area contributed by atoms with Crippen LogP contribution < -0.4 is 10.6 Å². The van der Waals surface area contributed by atoms with Crippen molar-refractivity contribution in [2.24, 2.45) is 17.8 Å². The molecule has 5 aliphatic rings. The summed E-state index contributed by atoms with van der Waals surface area (Å²) in [4.78, 5) is 54.6. The van der Waals surface area contributed by atoms with Crippen LogP contribution in [0.15, 0.2) is 182 Å². The van der Waals surface area contributed by atoms with Crippen molar-refractivity contribution >= 4 is 24.1 Å². The fraction of sp³-hybridized carbons (Fsp3) is 0.494. The van der Waals surface area contributed by atoms with Gasteiger partial charge in [-0.15, -0.1) is 0 Å². The lowest BCUT2D eigenvalue weighted by molar-refractivity contribution is -0.312. The average Bonchev–Trinajstić information content (AvgIpc) is 1.67. The number of carboxylic acids is 1. The summed E-state index contributed by atoms with van der Waals surface area (Å²) < 4.78 is 36.2. The van der Waals surface area contributed by atoms with Gasteiger partial charge in [-0.3, -0.25) is 14.5 Å². The second-order valence-electron chi connectivity index (χ2n) is 28.7. The summed E-state index contributed by atoms with van der Waals surface area (Å²) in [5.74, 6) is -7.53. The maximum atomic E-state index is 13.4. The van der Waals surface area contributed by atoms with Crippen LogP contribution in [-0.4, -0.2) is 222 Å². The van der Waals surface area contributed by atoms with E-state index in [0.29, 0.717) is 0 Å². The number of amides is 2. The Balaban J connectivity index is 0.915. The van der Waals surface area contributed by atoms with Gasteiger partial charge in [-0.25, -0.2) is 9.59 Å². The Kier molecular flexibility index (Phi) is 31.4. The lowest BCUT2D eigenvalue weighted by Crippen LogP contribution is -2.64. The molecule has 2 bridgehead atoms. The SMILES string of the molecule is C[C@@H]1[C@H](O)[C@@H](C)/C=C/C=C/C=C/C=C/C=C/C=C/C=C/[C@H](O[C@@H]2O[C@H](C)[C@@H](O)[C@H](N(CCCNC(=O)OCC3c4ccccc4-c4ccccc43)CCCNC(=O)OCC3c4ccccc4-c4ccccc43)[C@@H]2O)CC2O[C@](O)(C[C@@H](O)C[C@@H](O)[C@H](O)CC[C@@H](O)C[C@@H](O)CC(=O)O[C@H]1C)C[C@H](O)[C@H]2C(=O)O. The Labute approximate surface area is 625 Å². The number of nitrogens with one attached hydrogen (secondary N) is 2. The number of allylic oxidation sites excluding steroid dienone is 12. The number of aliphatic hydroxyl groups excluding tert-OH is 9. The first-order valence-electron chi connectivity index (χ1n) is 37.3. The third kappa shape index (κ3) is 23.3. The van der Waals surface area contributed by atoms with Gasteiger partial charge in [0.25, 0.3) is 0 Å². The number of cyclic esters (lactones) is 1. The summed E-state index contributed by atoms with van der Waals surface area (Å²) >= 11 is 0. The van der Waals surface area contributed by atoms with Crippen LogP contribution >= 0.6 is 0 Å². The number of carboxylic acid groups (broad SMARTS) is 1. The number of rotatable bonds is 16. The van der Waals surface area contributed by atoms with Gasteiger partial charge in [0.05, 0.1) is 79.6 Å². The first-order valence-corrected chi connectivity index (χ1v) is 37.3. The van der Waals surface area contributed by atoms with Gasteiger partial charge in [0.1, 0.15) is 31.3 Å². The Morgan fingerprint density at radius 1 is 0.533 bits per heavy atom. The van der Waals surface area contributed by atoms with Gasteiger partial charge in [0, 0.05) is 75.5 Å². The highest BCUT2D eigenvalue weighted by molar-refractivity contribution is 5.80. The first-order chi connectivity index (χ1) is 51.4. The minimum absolute atomic E-state index is 0.0884. The van der Waals surface area contributed by atoms with Crippen LogP contribution in [0.2, 0.25) is 0 Å². The molecular formula is C83H107N3O21. The molecule has 9 rings (SSSR count). The third-order valence-corrected chi connectivity index (χ3v) is 20.8. The van der Waals surface area contributed by atoms with E-state index in [9.17, 15) is 75.3 Å². The molecule has 4 aromatic carbocycles. The highest BCUT2D eigenvalue weighted by Gasteiger charge is 2.52. The Morgan fingerprint density at radius 3 is 1.50 bits per heavy atom. The van der Waals surface area contributed by atoms with Gasteiger partial charge >= 0.3 is 24.1 Å². The summed E-state index contributed by atoms with van der Waals surface area (Å²) in [5, 5.41) is 131. The number of benzene rings is 4. The summed E-state index contributed by atoms with van der Waals surface area (Å²) in [7, 11) is 0. The number of ether oxygens (including phenoxy) is 6. The summed E-state index contributed by atoms with van der Waals surface area (Å²) in [6.07, 6.45) is 0.990. The number of alkyl carbamates (subject to hydrolysis) is 2. The van der Waals surface area contributed by atoms with E-state index in [1.165, 1.54) is 6.08 Å². The third-order valence-electron chi connectivity index (χ3n) is 20.8. The molecule has 3 heterocycles. The summed E-state index contributed by atoms with van der Waals surface area (Å²) in [5.41, 5.74) is 8.53. The molecule has 3 aliphatic heterocycles. The lowest BCUT2D eigenvalue weighted by Gasteiger charge is -2.47. The molecule has 0 saturated carbocycles. The molecule has 2 saturated heterocycles. The van der Waals surface area contributed by atoms with Gasteiger partial charge < -0.3 is 95.2 Å². The predicted molar refractivity (Wildman–Crippen MR) is 400 cm³/mol. The fourth-order valence-electron chi connectivity index (χ4n) is 15.0. The van der Waals surface area contributed by atoms with Crippen LogP contribution in [0.25, 0.3) is 22.3 Å². The standard InChI is InChI=1S/C83H107N3O21/c1-51-27-15-13-11-9-7-5-6-8-10-12-14-16-28-58(46-72-74(79(97)98)71(92)48-83(101,107-72)47-57(89)44-70(91)69(90)38-37-55(87)43-56(88)45-73(93)104-53(3)52(2)76(51)94)106-80-78(96)75(77(95)54(4)105-80)86(41-25-39-84-81(99)102-49-67-63-33-21-17-29-59(63)60-30-18-22-34-64(60)67)42-26-40-85-82(100)103-50-68-65-35-23-19-31-61(65)62-32-20-24-36-66(62)68/h5-24,27-36,51-58,67-72,74-78,80,87-92,94-96,101H,25-26,37-50H2,1-4H3,(H,84,99)(H,85,100)(H,97,98)/b6-5+,9-7+,10-8+,13-11+,14-12+,27-15+,28-16+/t51-,52-,53-,54+,55+,56+,57-,58-,69+,70+,71-,72?,74+,75-,76+,77+,78-,80-,83+/m0/s1. The molecular weight excluding hydrogens is 1370 g/mol. The molecule has 19 atom stereocenters. The van der Waals surface area contributed by atoms with E-state index >= 15 is 0 Å². The number of esters is 1. The molecule has 107 heavy (non-hydrogen) atoms. The van der Waals surface area contributed by atoms with Gasteiger partial charge in [0.2, 0.25) is 0 Å². The topological polar surface area (TPSA) is 373 Å². The Bertz CT molecular complexity index is 3550. The molecule has 1 unspecified atom stereocenters. The van der Waals surface area contributed by atoms with Crippen molar-refractivity contribution in [3.8, 4) is 22.3 Å². The first kappa shape index (κ1) is 83.0. The van der Waals surface area contributed by atoms with Crippen LogP contribution in [0.3, 0.4) is 0 Å². The normalized spacial score (nSPS) is 33.0. The molecule has 2 aliphatic carbocycles. The lowest BCUT2D eigenvalue weighted by atomic mass is 9.82. The summed E-state index contributed by atoms with van der Waals surface area (Å²) in [6, 6.07) is 30.9. The van der Waals surface area contributed by atoms with Crippen molar-refractivity contribution in [1.29, 1.82) is 0 Å². The minimum atomic E-state index is -2.43. The fourth-order valence-corrected chi connectivity index (χ4v) is 15.0. The van der Waals surface area contributed by atoms with Crippen molar-refractivity contribution in [2.45, 2.75) is 201 Å². The zero-order valence-electron chi connectivity index (χ0n) is 61.1. The van der Waals surface area contributed by atoms with Crippen LogP contribution in [0, 0.1) is 17.8 Å². The number of carbonyl (C=O) groups excluding carboxylic acids is 3. The monoisotopic (exact) mass is 1480 g/mol. The molecule has 24 heteroatoms. The number of hydrogen-bond acceptors (Lipinski definition) is 21. The van der Waals surface area contributed by atoms with Crippen molar-refractivity contribution in [3.63, 3.8) is 0 Å². The number of aliphatic carboxylic acids is 1. The average molecular weight is 1480 g/mol. The molecule has 0 radical (unpaired) electrons. The minimum Gasteiger partial charge on any atom is -0.481 e. The smallest absolute Gasteiger partial charge is 0.407 e. The van der Waals surface area contributed by atoms with Crippen LogP contribution in [0.5, 0.6) is 0 Å². The molecule has 4 aromatic rings. The second kappa shape index (κ2) is 40.4. The molecule has 2 amide bonds. The maximum absolute atomic E-state index is 13.4. The number of nitrogens with zero attached hydrogens (tertiary/aromatic N) is 1. The van der Waals surface area contributed by atoms with E-state index in [-0.39, 0.29) is 89.3 Å². The Hall–Kier alpha value is -8.02. The van der Waals surface area contributed by atoms with E-state index in [4.69, 9.17) is 28.4 Å². The molecule has 580 valence electrons. The molecule has 2 fully saturated rings. The number of carbonyl (C=O) groups is 4. The summed E-state index contributed by atoms with van der Waals surface area (Å²) in [6.45, 7) is 7.54. The number of hydrogen-bond donors (Lipinski definition) is 13. The van der Waals surface area contributed by atoms with Crippen molar-refractivity contribution in [2.75, 3.05) is 39.4 Å². The number of fused-ring (bicyclic) bond motifs is 8. The zero-order valence-corrected chi connectivity index (χ0v) is 61.1.